The largest absolute Gasteiger partial charge is 0.508 e. The molecular formula is C23H29NO. The van der Waals surface area contributed by atoms with Crippen molar-refractivity contribution in [3.8, 4) is 5.75 Å². The van der Waals surface area contributed by atoms with Gasteiger partial charge in [0.15, 0.2) is 0 Å². The molecule has 0 unspecified atom stereocenters. The Hall–Kier alpha value is -1.80. The molecule has 0 saturated carbocycles. The number of phenols is 1. The van der Waals surface area contributed by atoms with Gasteiger partial charge in [-0.1, -0.05) is 37.3 Å². The Balaban J connectivity index is 1.56. The summed E-state index contributed by atoms with van der Waals surface area (Å²) in [6.45, 7) is 4.57. The molecule has 2 aromatic rings. The Morgan fingerprint density at radius 3 is 2.72 bits per heavy atom. The zero-order valence-corrected chi connectivity index (χ0v) is 15.2. The van der Waals surface area contributed by atoms with E-state index in [-0.39, 0.29) is 0 Å². The molecule has 1 heterocycles. The van der Waals surface area contributed by atoms with Crippen LogP contribution in [0.2, 0.25) is 0 Å². The molecule has 0 aromatic heterocycles. The van der Waals surface area contributed by atoms with Crippen molar-refractivity contribution in [2.45, 2.75) is 57.3 Å². The molecule has 2 heteroatoms. The number of hydrogen-bond donors (Lipinski definition) is 2. The van der Waals surface area contributed by atoms with Crippen LogP contribution in [-0.2, 0) is 19.3 Å². The van der Waals surface area contributed by atoms with Gasteiger partial charge in [0, 0.05) is 5.56 Å². The zero-order valence-electron chi connectivity index (χ0n) is 15.2. The second kappa shape index (κ2) is 7.21. The third kappa shape index (κ3) is 3.32. The van der Waals surface area contributed by atoms with Crippen LogP contribution in [0.15, 0.2) is 36.4 Å². The molecule has 4 rings (SSSR count). The highest BCUT2D eigenvalue weighted by Crippen LogP contribution is 2.41. The number of hydrogen-bond acceptors (Lipinski definition) is 2. The minimum absolute atomic E-state index is 0.464. The van der Waals surface area contributed by atoms with Crippen LogP contribution in [0.5, 0.6) is 5.75 Å². The first-order chi connectivity index (χ1) is 12.3. The fraction of sp³-hybridized carbons (Fsp3) is 0.478. The van der Waals surface area contributed by atoms with Gasteiger partial charge in [0.1, 0.15) is 5.75 Å². The molecule has 1 fully saturated rings. The van der Waals surface area contributed by atoms with Crippen LogP contribution < -0.4 is 5.32 Å². The summed E-state index contributed by atoms with van der Waals surface area (Å²) < 4.78 is 0. The molecule has 2 aromatic carbocycles. The van der Waals surface area contributed by atoms with Crippen molar-refractivity contribution >= 4 is 0 Å². The third-order valence-electron chi connectivity index (χ3n) is 6.19. The van der Waals surface area contributed by atoms with Gasteiger partial charge in [0.25, 0.3) is 0 Å². The summed E-state index contributed by atoms with van der Waals surface area (Å²) in [5.41, 5.74) is 7.06. The van der Waals surface area contributed by atoms with Crippen LogP contribution in [0.4, 0.5) is 0 Å². The van der Waals surface area contributed by atoms with Crippen molar-refractivity contribution in [2.75, 3.05) is 13.1 Å². The number of aromatic hydroxyl groups is 1. The van der Waals surface area contributed by atoms with Crippen molar-refractivity contribution < 1.29 is 5.11 Å². The van der Waals surface area contributed by atoms with Crippen LogP contribution in [0.1, 0.15) is 65.8 Å². The molecule has 25 heavy (non-hydrogen) atoms. The lowest BCUT2D eigenvalue weighted by molar-refractivity contribution is 0.458. The van der Waals surface area contributed by atoms with Crippen molar-refractivity contribution in [1.82, 2.24) is 5.32 Å². The highest BCUT2D eigenvalue weighted by molar-refractivity contribution is 5.46. The Labute approximate surface area is 151 Å². The van der Waals surface area contributed by atoms with E-state index in [0.717, 1.165) is 44.7 Å². The van der Waals surface area contributed by atoms with E-state index in [1.54, 1.807) is 5.56 Å². The topological polar surface area (TPSA) is 32.3 Å². The third-order valence-corrected chi connectivity index (χ3v) is 6.19. The average molecular weight is 335 g/mol. The first-order valence-corrected chi connectivity index (χ1v) is 9.89. The SMILES string of the molecule is CCc1cc(C[C@H]2CCc3cccc(O)c32)ccc1C1CCNCC1. The summed E-state index contributed by atoms with van der Waals surface area (Å²) in [5, 5.41) is 13.8. The molecule has 0 spiro atoms. The molecule has 2 aliphatic rings. The Morgan fingerprint density at radius 2 is 1.92 bits per heavy atom. The zero-order chi connectivity index (χ0) is 17.2. The van der Waals surface area contributed by atoms with Crippen molar-refractivity contribution in [1.29, 1.82) is 0 Å². The van der Waals surface area contributed by atoms with Gasteiger partial charge in [-0.15, -0.1) is 0 Å². The van der Waals surface area contributed by atoms with Gasteiger partial charge < -0.3 is 10.4 Å². The number of nitrogens with one attached hydrogen (secondary N) is 1. The van der Waals surface area contributed by atoms with Crippen LogP contribution in [-0.4, -0.2) is 18.2 Å². The van der Waals surface area contributed by atoms with E-state index < -0.39 is 0 Å². The Morgan fingerprint density at radius 1 is 1.08 bits per heavy atom. The van der Waals surface area contributed by atoms with Crippen molar-refractivity contribution in [3.63, 3.8) is 0 Å². The van der Waals surface area contributed by atoms with E-state index >= 15 is 0 Å². The normalized spacial score (nSPS) is 20.6. The minimum Gasteiger partial charge on any atom is -0.508 e. The minimum atomic E-state index is 0.464. The molecule has 1 saturated heterocycles. The summed E-state index contributed by atoms with van der Waals surface area (Å²) >= 11 is 0. The molecule has 0 bridgehead atoms. The number of rotatable bonds is 4. The highest BCUT2D eigenvalue weighted by Gasteiger charge is 2.26. The molecule has 2 N–H and O–H groups in total. The molecule has 1 aliphatic heterocycles. The van der Waals surface area contributed by atoms with E-state index in [0.29, 0.717) is 11.7 Å². The average Bonchev–Trinajstić information content (AvgIpc) is 3.06. The first-order valence-electron chi connectivity index (χ1n) is 9.89. The first kappa shape index (κ1) is 16.7. The van der Waals surface area contributed by atoms with E-state index in [4.69, 9.17) is 0 Å². The number of benzene rings is 2. The van der Waals surface area contributed by atoms with Gasteiger partial charge in [0.05, 0.1) is 0 Å². The van der Waals surface area contributed by atoms with Crippen molar-refractivity contribution in [2.24, 2.45) is 0 Å². The van der Waals surface area contributed by atoms with Gasteiger partial charge in [-0.2, -0.15) is 0 Å². The molecule has 1 aliphatic carbocycles. The van der Waals surface area contributed by atoms with Gasteiger partial charge in [0.2, 0.25) is 0 Å². The molecule has 2 nitrogen and oxygen atoms in total. The van der Waals surface area contributed by atoms with E-state index in [1.807, 2.05) is 12.1 Å². The standard InChI is InChI=1S/C23H29NO/c1-2-17-14-16(6-9-21(17)18-10-12-24-13-11-18)15-20-8-7-19-4-3-5-22(25)23(19)20/h3-6,9,14,18,20,24-25H,2,7-8,10-13,15H2,1H3/t20-/m1/s1. The molecule has 0 amide bonds. The van der Waals surface area contributed by atoms with E-state index in [9.17, 15) is 5.11 Å². The number of piperidine rings is 1. The van der Waals surface area contributed by atoms with Crippen LogP contribution in [0.3, 0.4) is 0 Å². The van der Waals surface area contributed by atoms with Gasteiger partial charge >= 0.3 is 0 Å². The highest BCUT2D eigenvalue weighted by atomic mass is 16.3. The maximum Gasteiger partial charge on any atom is 0.119 e. The lowest BCUT2D eigenvalue weighted by Gasteiger charge is -2.25. The summed E-state index contributed by atoms with van der Waals surface area (Å²) in [4.78, 5) is 0. The lowest BCUT2D eigenvalue weighted by Crippen LogP contribution is -2.27. The van der Waals surface area contributed by atoms with Crippen molar-refractivity contribution in [3.05, 3.63) is 64.2 Å². The summed E-state index contributed by atoms with van der Waals surface area (Å²) in [6.07, 6.45) is 6.93. The van der Waals surface area contributed by atoms with Crippen LogP contribution in [0.25, 0.3) is 0 Å². The van der Waals surface area contributed by atoms with Crippen LogP contribution >= 0.6 is 0 Å². The summed E-state index contributed by atoms with van der Waals surface area (Å²) in [5.74, 6) is 1.68. The predicted octanol–water partition coefficient (Wildman–Crippen LogP) is 4.69. The fourth-order valence-electron chi connectivity index (χ4n) is 4.87. The number of phenolic OH excluding ortho intramolecular Hbond substituents is 1. The second-order valence-electron chi connectivity index (χ2n) is 7.70. The quantitative estimate of drug-likeness (QED) is 0.849. The van der Waals surface area contributed by atoms with Gasteiger partial charge in [-0.25, -0.2) is 0 Å². The van der Waals surface area contributed by atoms with E-state index in [2.05, 4.69) is 36.5 Å². The lowest BCUT2D eigenvalue weighted by atomic mass is 9.84. The monoisotopic (exact) mass is 335 g/mol. The molecular weight excluding hydrogens is 306 g/mol. The molecule has 1 atom stereocenters. The van der Waals surface area contributed by atoms with Gasteiger partial charge in [-0.3, -0.25) is 0 Å². The number of aryl methyl sites for hydroxylation is 2. The Kier molecular flexibility index (Phi) is 4.80. The second-order valence-corrected chi connectivity index (χ2v) is 7.70. The van der Waals surface area contributed by atoms with E-state index in [1.165, 1.54) is 35.1 Å². The number of fused-ring (bicyclic) bond motifs is 1. The smallest absolute Gasteiger partial charge is 0.119 e. The molecule has 132 valence electrons. The summed E-state index contributed by atoms with van der Waals surface area (Å²) in [6, 6.07) is 13.2. The van der Waals surface area contributed by atoms with Gasteiger partial charge in [-0.05, 0) is 91.8 Å². The maximum atomic E-state index is 10.3. The predicted molar refractivity (Wildman–Crippen MR) is 104 cm³/mol. The maximum absolute atomic E-state index is 10.3. The Bertz CT molecular complexity index is 746. The summed E-state index contributed by atoms with van der Waals surface area (Å²) in [7, 11) is 0. The fourth-order valence-corrected chi connectivity index (χ4v) is 4.87. The van der Waals surface area contributed by atoms with Crippen LogP contribution in [0, 0.1) is 0 Å². The molecule has 0 radical (unpaired) electrons.